The Morgan fingerprint density at radius 2 is 2.15 bits per heavy atom. The fourth-order valence-electron chi connectivity index (χ4n) is 3.68. The zero-order chi connectivity index (χ0) is 17.9. The van der Waals surface area contributed by atoms with Crippen molar-refractivity contribution in [2.75, 3.05) is 0 Å². The summed E-state index contributed by atoms with van der Waals surface area (Å²) < 4.78 is 2.01. The number of hydrogen-bond acceptors (Lipinski definition) is 3. The highest BCUT2D eigenvalue weighted by atomic mass is 16.3. The minimum atomic E-state index is -0.514. The molecule has 6 nitrogen and oxygen atoms in total. The molecule has 134 valence electrons. The molecule has 3 atom stereocenters. The number of rotatable bonds is 5. The lowest BCUT2D eigenvalue weighted by Crippen LogP contribution is -2.39. The first-order valence-electron chi connectivity index (χ1n) is 8.87. The van der Waals surface area contributed by atoms with Crippen LogP contribution in [0.2, 0.25) is 0 Å². The summed E-state index contributed by atoms with van der Waals surface area (Å²) in [5, 5.41) is 13.3. The standard InChI is InChI=1S/C20H22N4O2/c25-19-9-14(12-24-7-6-21-13-24)8-18(19)23-20(26)16-10-17(22-11-16)15-4-2-1-3-5-15/h1-7,10-11,13-14,18-19,22,25H,8-9,12H2,(H,23,26)/t14?,18-,19-/m1/s1. The van der Waals surface area contributed by atoms with Gasteiger partial charge in [-0.05, 0) is 30.4 Å². The smallest absolute Gasteiger partial charge is 0.253 e. The van der Waals surface area contributed by atoms with E-state index in [0.717, 1.165) is 24.2 Å². The zero-order valence-corrected chi connectivity index (χ0v) is 14.4. The Morgan fingerprint density at radius 1 is 1.31 bits per heavy atom. The van der Waals surface area contributed by atoms with Gasteiger partial charge in [-0.15, -0.1) is 0 Å². The van der Waals surface area contributed by atoms with Gasteiger partial charge in [0.25, 0.3) is 5.91 Å². The van der Waals surface area contributed by atoms with Crippen LogP contribution in [-0.4, -0.2) is 37.7 Å². The molecule has 0 radical (unpaired) electrons. The molecule has 2 heterocycles. The zero-order valence-electron chi connectivity index (χ0n) is 14.4. The van der Waals surface area contributed by atoms with E-state index in [0.29, 0.717) is 17.9 Å². The molecule has 3 aromatic rings. The first-order chi connectivity index (χ1) is 12.7. The maximum absolute atomic E-state index is 12.6. The van der Waals surface area contributed by atoms with Gasteiger partial charge in [-0.2, -0.15) is 0 Å². The van der Waals surface area contributed by atoms with Crippen LogP contribution >= 0.6 is 0 Å². The van der Waals surface area contributed by atoms with Gasteiger partial charge in [0, 0.05) is 30.8 Å². The summed E-state index contributed by atoms with van der Waals surface area (Å²) in [6, 6.07) is 11.5. The second kappa shape index (κ2) is 7.17. The van der Waals surface area contributed by atoms with Crippen molar-refractivity contribution in [2.24, 2.45) is 5.92 Å². The molecule has 1 aromatic carbocycles. The highest BCUT2D eigenvalue weighted by molar-refractivity contribution is 5.95. The molecule has 26 heavy (non-hydrogen) atoms. The monoisotopic (exact) mass is 350 g/mol. The van der Waals surface area contributed by atoms with Crippen molar-refractivity contribution >= 4 is 5.91 Å². The van der Waals surface area contributed by atoms with Gasteiger partial charge in [0.15, 0.2) is 0 Å². The number of nitrogens with zero attached hydrogens (tertiary/aromatic N) is 2. The number of aliphatic hydroxyl groups excluding tert-OH is 1. The van der Waals surface area contributed by atoms with E-state index in [2.05, 4.69) is 15.3 Å². The van der Waals surface area contributed by atoms with Crippen LogP contribution in [0.1, 0.15) is 23.2 Å². The third kappa shape index (κ3) is 3.55. The summed E-state index contributed by atoms with van der Waals surface area (Å²) in [5.74, 6) is 0.173. The second-order valence-corrected chi connectivity index (χ2v) is 6.91. The molecule has 2 aromatic heterocycles. The highest BCUT2D eigenvalue weighted by Crippen LogP contribution is 2.28. The van der Waals surface area contributed by atoms with E-state index in [1.165, 1.54) is 0 Å². The van der Waals surface area contributed by atoms with E-state index >= 15 is 0 Å². The van der Waals surface area contributed by atoms with Crippen LogP contribution in [0, 0.1) is 5.92 Å². The number of aliphatic hydroxyl groups is 1. The number of aromatic nitrogens is 3. The minimum absolute atomic E-state index is 0.157. The van der Waals surface area contributed by atoms with E-state index in [9.17, 15) is 9.90 Å². The largest absolute Gasteiger partial charge is 0.391 e. The van der Waals surface area contributed by atoms with Crippen LogP contribution in [0.5, 0.6) is 0 Å². The molecule has 3 N–H and O–H groups in total. The summed E-state index contributed by atoms with van der Waals surface area (Å²) in [4.78, 5) is 19.7. The summed E-state index contributed by atoms with van der Waals surface area (Å²) in [5.41, 5.74) is 2.52. The van der Waals surface area contributed by atoms with Crippen LogP contribution in [0.15, 0.2) is 61.3 Å². The van der Waals surface area contributed by atoms with Gasteiger partial charge in [-0.25, -0.2) is 4.98 Å². The van der Waals surface area contributed by atoms with Crippen molar-refractivity contribution in [3.8, 4) is 11.3 Å². The molecule has 1 aliphatic rings. The van der Waals surface area contributed by atoms with Crippen molar-refractivity contribution in [3.05, 3.63) is 66.9 Å². The van der Waals surface area contributed by atoms with Crippen molar-refractivity contribution in [2.45, 2.75) is 31.5 Å². The Balaban J connectivity index is 1.38. The number of aromatic amines is 1. The van der Waals surface area contributed by atoms with Gasteiger partial charge >= 0.3 is 0 Å². The third-order valence-corrected chi connectivity index (χ3v) is 5.00. The quantitative estimate of drug-likeness (QED) is 0.661. The number of nitrogens with one attached hydrogen (secondary N) is 2. The van der Waals surface area contributed by atoms with Gasteiger partial charge in [0.05, 0.1) is 24.0 Å². The van der Waals surface area contributed by atoms with Gasteiger partial charge in [0.1, 0.15) is 0 Å². The number of H-pyrrole nitrogens is 1. The molecule has 0 spiro atoms. The van der Waals surface area contributed by atoms with Crippen molar-refractivity contribution in [1.29, 1.82) is 0 Å². The topological polar surface area (TPSA) is 82.9 Å². The fourth-order valence-corrected chi connectivity index (χ4v) is 3.68. The molecule has 1 amide bonds. The number of carbonyl (C=O) groups excluding carboxylic acids is 1. The van der Waals surface area contributed by atoms with Crippen LogP contribution in [0.3, 0.4) is 0 Å². The molecule has 1 fully saturated rings. The molecular formula is C20H22N4O2. The highest BCUT2D eigenvalue weighted by Gasteiger charge is 2.34. The number of benzene rings is 1. The van der Waals surface area contributed by atoms with Crippen LogP contribution in [-0.2, 0) is 6.54 Å². The number of amides is 1. The molecule has 1 unspecified atom stereocenters. The Labute approximate surface area is 151 Å². The average Bonchev–Trinajstić information content (AvgIpc) is 3.38. The van der Waals surface area contributed by atoms with Gasteiger partial charge < -0.3 is 20.0 Å². The predicted molar refractivity (Wildman–Crippen MR) is 98.4 cm³/mol. The van der Waals surface area contributed by atoms with Crippen LogP contribution in [0.25, 0.3) is 11.3 Å². The summed E-state index contributed by atoms with van der Waals surface area (Å²) in [6.07, 6.45) is 8.10. The molecule has 0 saturated heterocycles. The van der Waals surface area contributed by atoms with Gasteiger partial charge in [-0.1, -0.05) is 30.3 Å². The van der Waals surface area contributed by atoms with Crippen molar-refractivity contribution in [1.82, 2.24) is 19.9 Å². The van der Waals surface area contributed by atoms with E-state index in [-0.39, 0.29) is 11.9 Å². The summed E-state index contributed by atoms with van der Waals surface area (Å²) in [7, 11) is 0. The molecule has 0 aliphatic heterocycles. The molecule has 6 heteroatoms. The molecular weight excluding hydrogens is 328 g/mol. The third-order valence-electron chi connectivity index (χ3n) is 5.00. The number of carbonyl (C=O) groups is 1. The second-order valence-electron chi connectivity index (χ2n) is 6.91. The summed E-state index contributed by atoms with van der Waals surface area (Å²) in [6.45, 7) is 0.811. The predicted octanol–water partition coefficient (Wildman–Crippen LogP) is 2.45. The Bertz CT molecular complexity index is 857. The van der Waals surface area contributed by atoms with Gasteiger partial charge in [0.2, 0.25) is 0 Å². The van der Waals surface area contributed by atoms with E-state index in [1.807, 2.05) is 47.2 Å². The van der Waals surface area contributed by atoms with Crippen molar-refractivity contribution < 1.29 is 9.90 Å². The molecule has 1 saturated carbocycles. The Hall–Kier alpha value is -2.86. The lowest BCUT2D eigenvalue weighted by molar-refractivity contribution is 0.0873. The minimum Gasteiger partial charge on any atom is -0.391 e. The number of imidazole rings is 1. The molecule has 1 aliphatic carbocycles. The average molecular weight is 350 g/mol. The van der Waals surface area contributed by atoms with Crippen LogP contribution in [0.4, 0.5) is 0 Å². The van der Waals surface area contributed by atoms with E-state index in [1.54, 1.807) is 18.7 Å². The van der Waals surface area contributed by atoms with Crippen LogP contribution < -0.4 is 5.32 Å². The van der Waals surface area contributed by atoms with Gasteiger partial charge in [-0.3, -0.25) is 4.79 Å². The first-order valence-corrected chi connectivity index (χ1v) is 8.87. The SMILES string of the molecule is O=C(N[C@@H]1CC(Cn2ccnc2)C[C@H]1O)c1c[nH]c(-c2ccccc2)c1. The van der Waals surface area contributed by atoms with E-state index < -0.39 is 6.10 Å². The lowest BCUT2D eigenvalue weighted by atomic mass is 10.1. The number of hydrogen-bond donors (Lipinski definition) is 3. The maximum Gasteiger partial charge on any atom is 0.253 e. The summed E-state index contributed by atoms with van der Waals surface area (Å²) >= 11 is 0. The fraction of sp³-hybridized carbons (Fsp3) is 0.300. The first kappa shape index (κ1) is 16.6. The maximum atomic E-state index is 12.6. The van der Waals surface area contributed by atoms with E-state index in [4.69, 9.17) is 0 Å². The van der Waals surface area contributed by atoms with Crippen molar-refractivity contribution in [3.63, 3.8) is 0 Å². The molecule has 0 bridgehead atoms. The normalized spacial score (nSPS) is 22.4. The Kier molecular flexibility index (Phi) is 4.58. The lowest BCUT2D eigenvalue weighted by Gasteiger charge is -2.16. The molecule has 4 rings (SSSR count). The Morgan fingerprint density at radius 3 is 2.92 bits per heavy atom.